The van der Waals surface area contributed by atoms with Crippen molar-refractivity contribution in [3.05, 3.63) is 81.3 Å². The third-order valence-corrected chi connectivity index (χ3v) is 4.23. The van der Waals surface area contributed by atoms with Gasteiger partial charge in [0, 0.05) is 22.3 Å². The fourth-order valence-corrected chi connectivity index (χ4v) is 3.03. The van der Waals surface area contributed by atoms with Crippen LogP contribution in [0.5, 0.6) is 11.5 Å². The quantitative estimate of drug-likeness (QED) is 0.478. The Morgan fingerprint density at radius 1 is 0.880 bits per heavy atom. The molecule has 3 N–H and O–H groups in total. The zero-order valence-corrected chi connectivity index (χ0v) is 15.4. The van der Waals surface area contributed by atoms with Crippen LogP contribution in [0.3, 0.4) is 0 Å². The van der Waals surface area contributed by atoms with Crippen molar-refractivity contribution < 1.29 is 4.74 Å². The minimum absolute atomic E-state index is 0.462. The van der Waals surface area contributed by atoms with Gasteiger partial charge >= 0.3 is 0 Å². The van der Waals surface area contributed by atoms with Crippen molar-refractivity contribution in [2.75, 3.05) is 11.1 Å². The number of nitrogens with two attached hydrogens (primary N) is 1. The van der Waals surface area contributed by atoms with Crippen LogP contribution in [-0.2, 0) is 6.54 Å². The lowest BCUT2D eigenvalue weighted by molar-refractivity contribution is 0.485. The number of halogens is 3. The van der Waals surface area contributed by atoms with E-state index < -0.39 is 0 Å². The van der Waals surface area contributed by atoms with Crippen molar-refractivity contribution in [2.24, 2.45) is 0 Å². The van der Waals surface area contributed by atoms with Gasteiger partial charge in [-0.1, -0.05) is 53.0 Å². The number of ether oxygens (including phenoxy) is 1. The second-order valence-electron chi connectivity index (χ2n) is 5.42. The van der Waals surface area contributed by atoms with Crippen LogP contribution in [0.25, 0.3) is 0 Å². The van der Waals surface area contributed by atoms with Crippen LogP contribution in [0.15, 0.2) is 60.7 Å². The van der Waals surface area contributed by atoms with Crippen LogP contribution < -0.4 is 15.8 Å². The summed E-state index contributed by atoms with van der Waals surface area (Å²) in [5, 5.41) is 4.94. The van der Waals surface area contributed by atoms with Crippen LogP contribution in [0.4, 0.5) is 11.4 Å². The molecule has 128 valence electrons. The lowest BCUT2D eigenvalue weighted by Crippen LogP contribution is -1.99. The Kier molecular flexibility index (Phi) is 5.59. The number of anilines is 2. The number of nitrogen functional groups attached to an aromatic ring is 1. The van der Waals surface area contributed by atoms with Crippen molar-refractivity contribution in [2.45, 2.75) is 6.54 Å². The minimum Gasteiger partial charge on any atom is -0.454 e. The molecule has 0 aliphatic rings. The Morgan fingerprint density at radius 2 is 1.56 bits per heavy atom. The van der Waals surface area contributed by atoms with E-state index in [-0.39, 0.29) is 0 Å². The van der Waals surface area contributed by atoms with Gasteiger partial charge in [0.2, 0.25) is 0 Å². The van der Waals surface area contributed by atoms with Crippen LogP contribution in [-0.4, -0.2) is 0 Å². The molecule has 3 aromatic rings. The van der Waals surface area contributed by atoms with Gasteiger partial charge in [0.1, 0.15) is 5.75 Å². The third kappa shape index (κ3) is 4.73. The largest absolute Gasteiger partial charge is 0.454 e. The fraction of sp³-hybridized carbons (Fsp3) is 0.0526. The predicted octanol–water partition coefficient (Wildman–Crippen LogP) is 6.63. The van der Waals surface area contributed by atoms with Gasteiger partial charge in [-0.2, -0.15) is 0 Å². The van der Waals surface area contributed by atoms with Gasteiger partial charge < -0.3 is 15.8 Å². The van der Waals surface area contributed by atoms with Gasteiger partial charge in [-0.15, -0.1) is 0 Å². The van der Waals surface area contributed by atoms with Gasteiger partial charge in [0.25, 0.3) is 0 Å². The van der Waals surface area contributed by atoms with E-state index in [1.807, 2.05) is 36.4 Å². The lowest BCUT2D eigenvalue weighted by Gasteiger charge is -2.11. The van der Waals surface area contributed by atoms with E-state index in [4.69, 9.17) is 45.3 Å². The summed E-state index contributed by atoms with van der Waals surface area (Å²) in [6.45, 7) is 0.630. The number of hydrogen-bond acceptors (Lipinski definition) is 3. The van der Waals surface area contributed by atoms with E-state index in [0.717, 1.165) is 11.3 Å². The van der Waals surface area contributed by atoms with E-state index in [2.05, 4.69) is 5.32 Å². The first-order chi connectivity index (χ1) is 12.0. The number of benzene rings is 3. The average molecular weight is 394 g/mol. The Bertz CT molecular complexity index is 842. The third-order valence-electron chi connectivity index (χ3n) is 3.50. The highest BCUT2D eigenvalue weighted by Gasteiger charge is 2.07. The molecule has 0 atom stereocenters. The van der Waals surface area contributed by atoms with Crippen molar-refractivity contribution in [3.63, 3.8) is 0 Å². The highest BCUT2D eigenvalue weighted by atomic mass is 35.5. The summed E-state index contributed by atoms with van der Waals surface area (Å²) in [6, 6.07) is 18.3. The van der Waals surface area contributed by atoms with Crippen molar-refractivity contribution in [3.8, 4) is 11.5 Å². The number of para-hydroxylation sites is 1. The SMILES string of the molecule is Nc1cccc(Cl)c1Oc1ccc(CNc2cc(Cl)cc(Cl)c2)cc1. The van der Waals surface area contributed by atoms with E-state index in [9.17, 15) is 0 Å². The summed E-state index contributed by atoms with van der Waals surface area (Å²) >= 11 is 18.1. The van der Waals surface area contributed by atoms with Crippen LogP contribution in [0, 0.1) is 0 Å². The maximum absolute atomic E-state index is 6.12. The molecule has 3 aromatic carbocycles. The average Bonchev–Trinajstić information content (AvgIpc) is 2.57. The molecular weight excluding hydrogens is 379 g/mol. The maximum atomic E-state index is 6.12. The fourth-order valence-electron chi connectivity index (χ4n) is 2.29. The highest BCUT2D eigenvalue weighted by molar-refractivity contribution is 6.35. The molecule has 0 saturated carbocycles. The first-order valence-corrected chi connectivity index (χ1v) is 8.65. The number of hydrogen-bond donors (Lipinski definition) is 2. The molecule has 0 aliphatic carbocycles. The molecule has 0 saturated heterocycles. The van der Waals surface area contributed by atoms with Crippen LogP contribution >= 0.6 is 34.8 Å². The molecule has 0 aliphatic heterocycles. The zero-order valence-electron chi connectivity index (χ0n) is 13.1. The first-order valence-electron chi connectivity index (χ1n) is 7.52. The van der Waals surface area contributed by atoms with Gasteiger partial charge in [0.05, 0.1) is 10.7 Å². The Labute approximate surface area is 161 Å². The molecule has 0 amide bonds. The topological polar surface area (TPSA) is 47.3 Å². The Morgan fingerprint density at radius 3 is 2.20 bits per heavy atom. The van der Waals surface area contributed by atoms with Crippen LogP contribution in [0.2, 0.25) is 15.1 Å². The maximum Gasteiger partial charge on any atom is 0.168 e. The van der Waals surface area contributed by atoms with E-state index in [1.165, 1.54) is 0 Å². The van der Waals surface area contributed by atoms with Gasteiger partial charge in [0.15, 0.2) is 5.75 Å². The first kappa shape index (κ1) is 17.7. The molecule has 0 radical (unpaired) electrons. The molecular formula is C19H15Cl3N2O. The molecule has 0 fully saturated rings. The van der Waals surface area contributed by atoms with Crippen molar-refractivity contribution >= 4 is 46.2 Å². The monoisotopic (exact) mass is 392 g/mol. The number of rotatable bonds is 5. The van der Waals surface area contributed by atoms with Crippen molar-refractivity contribution in [1.82, 2.24) is 0 Å². The molecule has 0 bridgehead atoms. The lowest BCUT2D eigenvalue weighted by atomic mass is 10.2. The van der Waals surface area contributed by atoms with E-state index in [1.54, 1.807) is 24.3 Å². The summed E-state index contributed by atoms with van der Waals surface area (Å²) in [5.41, 5.74) is 8.33. The van der Waals surface area contributed by atoms with Crippen molar-refractivity contribution in [1.29, 1.82) is 0 Å². The summed E-state index contributed by atoms with van der Waals surface area (Å²) in [7, 11) is 0. The molecule has 0 heterocycles. The van der Waals surface area contributed by atoms with Gasteiger partial charge in [-0.3, -0.25) is 0 Å². The molecule has 0 unspecified atom stereocenters. The van der Waals surface area contributed by atoms with Gasteiger partial charge in [-0.25, -0.2) is 0 Å². The number of nitrogens with one attached hydrogen (secondary N) is 1. The highest BCUT2D eigenvalue weighted by Crippen LogP contribution is 2.34. The minimum atomic E-state index is 0.462. The smallest absolute Gasteiger partial charge is 0.168 e. The summed E-state index contributed by atoms with van der Waals surface area (Å²) < 4.78 is 5.78. The summed E-state index contributed by atoms with van der Waals surface area (Å²) in [6.07, 6.45) is 0. The van der Waals surface area contributed by atoms with E-state index >= 15 is 0 Å². The molecule has 3 nitrogen and oxygen atoms in total. The standard InChI is InChI=1S/C19H15Cl3N2O/c20-13-8-14(21)10-15(9-13)24-11-12-4-6-16(7-5-12)25-19-17(22)2-1-3-18(19)23/h1-10,24H,11,23H2. The Hall–Kier alpha value is -2.07. The second-order valence-corrected chi connectivity index (χ2v) is 6.70. The molecule has 0 spiro atoms. The molecule has 3 rings (SSSR count). The summed E-state index contributed by atoms with van der Waals surface area (Å²) in [4.78, 5) is 0. The van der Waals surface area contributed by atoms with Gasteiger partial charge in [-0.05, 0) is 48.0 Å². The molecule has 25 heavy (non-hydrogen) atoms. The van der Waals surface area contributed by atoms with E-state index in [0.29, 0.717) is 38.8 Å². The Balaban J connectivity index is 1.66. The predicted molar refractivity (Wildman–Crippen MR) is 106 cm³/mol. The molecule has 0 aromatic heterocycles. The molecule has 6 heteroatoms. The zero-order chi connectivity index (χ0) is 17.8. The summed E-state index contributed by atoms with van der Waals surface area (Å²) in [5.74, 6) is 1.12. The normalized spacial score (nSPS) is 10.5. The second kappa shape index (κ2) is 7.87. The van der Waals surface area contributed by atoms with Crippen LogP contribution in [0.1, 0.15) is 5.56 Å².